The molecule has 0 amide bonds. The number of ether oxygens (including phenoxy) is 1. The van der Waals surface area contributed by atoms with Gasteiger partial charge in [-0.15, -0.1) is 35.6 Å². The summed E-state index contributed by atoms with van der Waals surface area (Å²) in [4.78, 5) is 13.6. The molecule has 7 heteroatoms. The van der Waals surface area contributed by atoms with Crippen LogP contribution in [0.5, 0.6) is 0 Å². The van der Waals surface area contributed by atoms with Crippen LogP contribution in [0.4, 0.5) is 5.69 Å². The number of carbonyl (C=O) groups excluding carboxylic acids is 1. The minimum absolute atomic E-state index is 0. The largest absolute Gasteiger partial charge is 0.465 e. The average molecular weight is 370 g/mol. The van der Waals surface area contributed by atoms with E-state index in [1.54, 1.807) is 6.92 Å². The normalized spacial score (nSPS) is 11.5. The summed E-state index contributed by atoms with van der Waals surface area (Å²) in [6, 6.07) is 7.28. The lowest BCUT2D eigenvalue weighted by Gasteiger charge is -2.23. The fourth-order valence-electron chi connectivity index (χ4n) is 2.00. The topological polar surface area (TPSA) is 55.6 Å². The Hall–Kier alpha value is -0.680. The summed E-state index contributed by atoms with van der Waals surface area (Å²) < 4.78 is 4.90. The van der Waals surface area contributed by atoms with Gasteiger partial charge < -0.3 is 15.4 Å². The first-order valence-electron chi connectivity index (χ1n) is 7.00. The van der Waals surface area contributed by atoms with Crippen molar-refractivity contribution in [2.45, 2.75) is 19.4 Å². The van der Waals surface area contributed by atoms with Crippen molar-refractivity contribution in [3.05, 3.63) is 29.8 Å². The van der Waals surface area contributed by atoms with Crippen LogP contribution in [-0.4, -0.2) is 43.5 Å². The van der Waals surface area contributed by atoms with Gasteiger partial charge in [-0.2, -0.15) is 0 Å². The van der Waals surface area contributed by atoms with Crippen molar-refractivity contribution in [1.82, 2.24) is 0 Å². The molecular formula is C15H23Cl3N2O2. The van der Waals surface area contributed by atoms with Crippen LogP contribution in [0.2, 0.25) is 0 Å². The van der Waals surface area contributed by atoms with Crippen LogP contribution in [0.15, 0.2) is 24.3 Å². The third-order valence-corrected chi connectivity index (χ3v) is 3.39. The Kier molecular flexibility index (Phi) is 11.5. The Balaban J connectivity index is 0.00000441. The summed E-state index contributed by atoms with van der Waals surface area (Å²) in [5, 5.41) is 0. The van der Waals surface area contributed by atoms with Crippen molar-refractivity contribution in [3.63, 3.8) is 0 Å². The zero-order valence-corrected chi connectivity index (χ0v) is 15.0. The van der Waals surface area contributed by atoms with Gasteiger partial charge >= 0.3 is 5.97 Å². The summed E-state index contributed by atoms with van der Waals surface area (Å²) in [7, 11) is 0. The molecule has 0 spiro atoms. The van der Waals surface area contributed by atoms with Gasteiger partial charge in [-0.3, -0.25) is 4.79 Å². The van der Waals surface area contributed by atoms with Gasteiger partial charge in [-0.1, -0.05) is 12.1 Å². The summed E-state index contributed by atoms with van der Waals surface area (Å²) >= 11 is 11.6. The standard InChI is InChI=1S/C15H22Cl2N2O2.ClH/c1-2-21-15(20)14(18)11-12-3-5-13(6-4-12)19(9-7-16)10-8-17;/h3-6,14H,2,7-11,18H2,1H3;1H/t14-;/m0./s1. The summed E-state index contributed by atoms with van der Waals surface area (Å²) in [6.45, 7) is 3.60. The Bertz CT molecular complexity index is 423. The van der Waals surface area contributed by atoms with Crippen molar-refractivity contribution in [2.24, 2.45) is 5.73 Å². The maximum atomic E-state index is 11.5. The lowest BCUT2D eigenvalue weighted by atomic mass is 10.1. The first kappa shape index (κ1) is 21.3. The molecule has 1 aromatic carbocycles. The first-order valence-corrected chi connectivity index (χ1v) is 8.07. The Morgan fingerprint density at radius 3 is 2.23 bits per heavy atom. The van der Waals surface area contributed by atoms with E-state index in [9.17, 15) is 4.79 Å². The maximum absolute atomic E-state index is 11.5. The number of rotatable bonds is 9. The Labute approximate surface area is 148 Å². The van der Waals surface area contributed by atoms with Gasteiger partial charge in [-0.25, -0.2) is 0 Å². The van der Waals surface area contributed by atoms with Crippen LogP contribution in [0.1, 0.15) is 12.5 Å². The zero-order valence-electron chi connectivity index (χ0n) is 12.6. The monoisotopic (exact) mass is 368 g/mol. The second-order valence-electron chi connectivity index (χ2n) is 4.59. The lowest BCUT2D eigenvalue weighted by Crippen LogP contribution is -2.34. The predicted octanol–water partition coefficient (Wildman–Crippen LogP) is 2.83. The molecule has 4 nitrogen and oxygen atoms in total. The van der Waals surface area contributed by atoms with Gasteiger partial charge in [0.15, 0.2) is 0 Å². The van der Waals surface area contributed by atoms with E-state index < -0.39 is 6.04 Å². The van der Waals surface area contributed by atoms with E-state index in [0.29, 0.717) is 24.8 Å². The molecule has 0 fully saturated rings. The molecule has 1 atom stereocenters. The van der Waals surface area contributed by atoms with Crippen molar-refractivity contribution < 1.29 is 9.53 Å². The fourth-order valence-corrected chi connectivity index (χ4v) is 2.41. The molecule has 0 saturated carbocycles. The Morgan fingerprint density at radius 2 is 1.77 bits per heavy atom. The van der Waals surface area contributed by atoms with Crippen LogP contribution < -0.4 is 10.6 Å². The van der Waals surface area contributed by atoms with Crippen molar-refractivity contribution in [1.29, 1.82) is 0 Å². The van der Waals surface area contributed by atoms with Crippen molar-refractivity contribution in [2.75, 3.05) is 36.4 Å². The van der Waals surface area contributed by atoms with Gasteiger partial charge in [0.05, 0.1) is 6.61 Å². The molecule has 0 radical (unpaired) electrons. The molecule has 0 unspecified atom stereocenters. The van der Waals surface area contributed by atoms with Crippen molar-refractivity contribution >= 4 is 47.3 Å². The number of esters is 1. The molecule has 0 bridgehead atoms. The third-order valence-electron chi connectivity index (χ3n) is 3.06. The van der Waals surface area contributed by atoms with E-state index in [2.05, 4.69) is 4.90 Å². The Morgan fingerprint density at radius 1 is 1.23 bits per heavy atom. The quantitative estimate of drug-likeness (QED) is 0.537. The highest BCUT2D eigenvalue weighted by Gasteiger charge is 2.15. The number of halogens is 3. The highest BCUT2D eigenvalue weighted by molar-refractivity contribution is 6.18. The predicted molar refractivity (Wildman–Crippen MR) is 95.7 cm³/mol. The number of nitrogens with two attached hydrogens (primary N) is 1. The van der Waals surface area contributed by atoms with E-state index in [1.165, 1.54) is 0 Å². The summed E-state index contributed by atoms with van der Waals surface area (Å²) in [5.41, 5.74) is 7.86. The molecule has 2 N–H and O–H groups in total. The average Bonchev–Trinajstić information content (AvgIpc) is 2.48. The summed E-state index contributed by atoms with van der Waals surface area (Å²) in [5.74, 6) is 0.728. The number of hydrogen-bond donors (Lipinski definition) is 1. The maximum Gasteiger partial charge on any atom is 0.323 e. The molecule has 0 aliphatic rings. The molecular weight excluding hydrogens is 347 g/mol. The van der Waals surface area contributed by atoms with E-state index in [1.807, 2.05) is 24.3 Å². The van der Waals surface area contributed by atoms with Crippen LogP contribution in [0.3, 0.4) is 0 Å². The molecule has 1 rings (SSSR count). The van der Waals surface area contributed by atoms with E-state index in [0.717, 1.165) is 24.3 Å². The number of alkyl halides is 2. The number of carbonyl (C=O) groups is 1. The number of anilines is 1. The number of hydrogen-bond acceptors (Lipinski definition) is 4. The molecule has 0 aliphatic heterocycles. The lowest BCUT2D eigenvalue weighted by molar-refractivity contribution is -0.144. The van der Waals surface area contributed by atoms with Crippen LogP contribution in [-0.2, 0) is 16.0 Å². The number of benzene rings is 1. The van der Waals surface area contributed by atoms with Gasteiger partial charge in [0.2, 0.25) is 0 Å². The van der Waals surface area contributed by atoms with Crippen LogP contribution >= 0.6 is 35.6 Å². The van der Waals surface area contributed by atoms with Crippen LogP contribution in [0.25, 0.3) is 0 Å². The minimum atomic E-state index is -0.627. The summed E-state index contributed by atoms with van der Waals surface area (Å²) in [6.07, 6.45) is 0.462. The first-order chi connectivity index (χ1) is 10.1. The van der Waals surface area contributed by atoms with Crippen molar-refractivity contribution in [3.8, 4) is 0 Å². The molecule has 22 heavy (non-hydrogen) atoms. The van der Waals surface area contributed by atoms with E-state index in [-0.39, 0.29) is 18.4 Å². The fraction of sp³-hybridized carbons (Fsp3) is 0.533. The molecule has 0 heterocycles. The molecule has 0 aromatic heterocycles. The molecule has 0 aliphatic carbocycles. The van der Waals surface area contributed by atoms with Gasteiger partial charge in [0, 0.05) is 30.5 Å². The smallest absolute Gasteiger partial charge is 0.323 e. The second-order valence-corrected chi connectivity index (χ2v) is 5.35. The van der Waals surface area contributed by atoms with E-state index >= 15 is 0 Å². The van der Waals surface area contributed by atoms with Crippen LogP contribution in [0, 0.1) is 0 Å². The van der Waals surface area contributed by atoms with Gasteiger partial charge in [0.25, 0.3) is 0 Å². The van der Waals surface area contributed by atoms with E-state index in [4.69, 9.17) is 33.7 Å². The highest BCUT2D eigenvalue weighted by Crippen LogP contribution is 2.16. The zero-order chi connectivity index (χ0) is 15.7. The third kappa shape index (κ3) is 7.05. The second kappa shape index (κ2) is 11.8. The molecule has 0 saturated heterocycles. The van der Waals surface area contributed by atoms with Gasteiger partial charge in [-0.05, 0) is 31.0 Å². The molecule has 1 aromatic rings. The number of nitrogens with zero attached hydrogens (tertiary/aromatic N) is 1. The molecule has 126 valence electrons. The van der Waals surface area contributed by atoms with Gasteiger partial charge in [0.1, 0.15) is 6.04 Å². The highest BCUT2D eigenvalue weighted by atomic mass is 35.5. The SMILES string of the molecule is CCOC(=O)[C@@H](N)Cc1ccc(N(CCCl)CCCl)cc1.Cl. The minimum Gasteiger partial charge on any atom is -0.465 e.